The summed E-state index contributed by atoms with van der Waals surface area (Å²) in [5, 5.41) is 15.9. The Morgan fingerprint density at radius 2 is 1.46 bits per heavy atom. The van der Waals surface area contributed by atoms with Crippen molar-refractivity contribution < 1.29 is 36.7 Å². The smallest absolute Gasteiger partial charge is 0.335 e. The number of sulfone groups is 1. The molecule has 0 saturated heterocycles. The first kappa shape index (κ1) is 37.5. The van der Waals surface area contributed by atoms with E-state index in [0.29, 0.717) is 50.5 Å². The number of carbonyl (C=O) groups excluding carboxylic acids is 3. The molecule has 2 saturated carbocycles. The zero-order valence-electron chi connectivity index (χ0n) is 29.0. The minimum atomic E-state index is -3.60. The lowest BCUT2D eigenvalue weighted by molar-refractivity contribution is -0.128. The van der Waals surface area contributed by atoms with Gasteiger partial charge < -0.3 is 29.8 Å². The maximum atomic E-state index is 12.6. The molecule has 1 spiro atoms. The third-order valence-electron chi connectivity index (χ3n) is 8.59. The highest BCUT2D eigenvalue weighted by atomic mass is 32.2. The molecule has 13 nitrogen and oxygen atoms in total. The number of hydrogen-bond donors (Lipinski definition) is 3. The van der Waals surface area contributed by atoms with Crippen molar-refractivity contribution in [2.75, 3.05) is 39.2 Å². The second kappa shape index (κ2) is 15.5. The molecule has 0 bridgehead atoms. The fourth-order valence-corrected chi connectivity index (χ4v) is 7.51. The van der Waals surface area contributed by atoms with Crippen molar-refractivity contribution in [2.24, 2.45) is 16.2 Å². The Hall–Kier alpha value is -3.36. The molecule has 3 N–H and O–H groups in total. The Kier molecular flexibility index (Phi) is 12.1. The highest BCUT2D eigenvalue weighted by Gasteiger charge is 2.53. The average Bonchev–Trinajstić information content (AvgIpc) is 3.43. The van der Waals surface area contributed by atoms with E-state index in [0.717, 1.165) is 38.4 Å². The van der Waals surface area contributed by atoms with Crippen molar-refractivity contribution >= 4 is 27.6 Å². The third-order valence-corrected chi connectivity index (χ3v) is 9.39. The number of ether oxygens (including phenoxy) is 2. The molecule has 3 amide bonds. The third kappa shape index (κ3) is 11.4. The standard InChI is InChI=1S/C34H51N5O8S/c1-32(2,3)22-33(4,5)21-28(41)37-26-19-34(20-26)17-25(18-34)36-27(40)11-13-45-15-16-46-14-12-35-29(42)23-7-9-24(10-8-23)30-38-39-31(47-30)48(6,43)44/h7-10,25-26H,11-22H2,1-6H3,(H,35,42)(H,36,40)(H,37,41). The Morgan fingerprint density at radius 1 is 0.875 bits per heavy atom. The number of aromatic nitrogens is 2. The quantitative estimate of drug-likeness (QED) is 0.208. The summed E-state index contributed by atoms with van der Waals surface area (Å²) < 4.78 is 39.2. The lowest BCUT2D eigenvalue weighted by atomic mass is 9.52. The normalized spacial score (nSPS) is 20.9. The molecule has 2 aromatic rings. The zero-order chi connectivity index (χ0) is 35.2. The molecule has 1 aromatic heterocycles. The van der Waals surface area contributed by atoms with Gasteiger partial charge in [-0.3, -0.25) is 14.4 Å². The van der Waals surface area contributed by atoms with Crippen LogP contribution in [-0.2, 0) is 28.9 Å². The van der Waals surface area contributed by atoms with Gasteiger partial charge in [-0.1, -0.05) is 39.7 Å². The summed E-state index contributed by atoms with van der Waals surface area (Å²) in [4.78, 5) is 37.3. The molecule has 2 fully saturated rings. The van der Waals surface area contributed by atoms with E-state index in [1.807, 2.05) is 0 Å². The first-order chi connectivity index (χ1) is 22.4. The van der Waals surface area contributed by atoms with Crippen molar-refractivity contribution in [2.45, 2.75) is 96.9 Å². The van der Waals surface area contributed by atoms with Crippen LogP contribution in [0.5, 0.6) is 0 Å². The number of amides is 3. The van der Waals surface area contributed by atoms with E-state index >= 15 is 0 Å². The van der Waals surface area contributed by atoms with Gasteiger partial charge in [0.15, 0.2) is 0 Å². The SMILES string of the molecule is CC(C)(C)CC(C)(C)CC(=O)NC1CC2(CC(NC(=O)CCOCCOCCNC(=O)c3ccc(-c4nnc(S(C)(=O)=O)o4)cc3)C2)C1. The second-order valence-corrected chi connectivity index (χ2v) is 17.3. The average molecular weight is 690 g/mol. The van der Waals surface area contributed by atoms with Crippen LogP contribution in [0, 0.1) is 16.2 Å². The van der Waals surface area contributed by atoms with Gasteiger partial charge in [-0.2, -0.15) is 0 Å². The van der Waals surface area contributed by atoms with Gasteiger partial charge in [-0.15, -0.1) is 5.10 Å². The number of benzene rings is 1. The molecule has 2 aliphatic carbocycles. The molecule has 1 heterocycles. The van der Waals surface area contributed by atoms with Crippen molar-refractivity contribution in [1.82, 2.24) is 26.1 Å². The molecule has 266 valence electrons. The number of nitrogens with zero attached hydrogens (tertiary/aromatic N) is 2. The number of nitrogens with one attached hydrogen (secondary N) is 3. The summed E-state index contributed by atoms with van der Waals surface area (Å²) >= 11 is 0. The maximum absolute atomic E-state index is 12.6. The molecule has 4 rings (SSSR count). The van der Waals surface area contributed by atoms with Gasteiger partial charge in [0.2, 0.25) is 27.5 Å². The first-order valence-electron chi connectivity index (χ1n) is 16.6. The van der Waals surface area contributed by atoms with Crippen molar-refractivity contribution in [1.29, 1.82) is 0 Å². The fourth-order valence-electron chi connectivity index (χ4n) is 7.09. The van der Waals surface area contributed by atoms with Crippen LogP contribution in [-0.4, -0.2) is 87.6 Å². The topological polar surface area (TPSA) is 179 Å². The minimum Gasteiger partial charge on any atom is -0.408 e. The molecule has 48 heavy (non-hydrogen) atoms. The van der Waals surface area contributed by atoms with Gasteiger partial charge in [-0.25, -0.2) is 8.42 Å². The van der Waals surface area contributed by atoms with E-state index in [9.17, 15) is 22.8 Å². The van der Waals surface area contributed by atoms with Gasteiger partial charge in [0, 0.05) is 48.9 Å². The summed E-state index contributed by atoms with van der Waals surface area (Å²) in [5.41, 5.74) is 1.32. The van der Waals surface area contributed by atoms with Crippen molar-refractivity contribution in [3.05, 3.63) is 29.8 Å². The van der Waals surface area contributed by atoms with E-state index < -0.39 is 15.1 Å². The molecule has 0 unspecified atom stereocenters. The van der Waals surface area contributed by atoms with Gasteiger partial charge >= 0.3 is 5.22 Å². The fraction of sp³-hybridized carbons (Fsp3) is 0.676. The lowest BCUT2D eigenvalue weighted by Gasteiger charge is -2.58. The van der Waals surface area contributed by atoms with Gasteiger partial charge in [0.25, 0.3) is 5.91 Å². The Bertz CT molecular complexity index is 1520. The summed E-state index contributed by atoms with van der Waals surface area (Å²) in [7, 11) is -3.60. The van der Waals surface area contributed by atoms with Crippen LogP contribution in [0.3, 0.4) is 0 Å². The molecule has 0 atom stereocenters. The molecule has 14 heteroatoms. The van der Waals surface area contributed by atoms with E-state index in [2.05, 4.69) is 60.8 Å². The Labute approximate surface area is 283 Å². The summed E-state index contributed by atoms with van der Waals surface area (Å²) in [6, 6.07) is 6.77. The maximum Gasteiger partial charge on any atom is 0.335 e. The van der Waals surface area contributed by atoms with Gasteiger partial charge in [0.1, 0.15) is 0 Å². The highest BCUT2D eigenvalue weighted by Crippen LogP contribution is 2.56. The van der Waals surface area contributed by atoms with Crippen LogP contribution in [0.25, 0.3) is 11.5 Å². The minimum absolute atomic E-state index is 0.0208. The molecule has 2 aliphatic rings. The van der Waals surface area contributed by atoms with Crippen LogP contribution in [0.4, 0.5) is 0 Å². The zero-order valence-corrected chi connectivity index (χ0v) is 29.8. The van der Waals surface area contributed by atoms with Gasteiger partial charge in [0.05, 0.1) is 26.4 Å². The van der Waals surface area contributed by atoms with Crippen molar-refractivity contribution in [3.8, 4) is 11.5 Å². The number of rotatable bonds is 17. The van der Waals surface area contributed by atoms with E-state index in [-0.39, 0.29) is 58.4 Å². The van der Waals surface area contributed by atoms with Crippen LogP contribution < -0.4 is 16.0 Å². The van der Waals surface area contributed by atoms with E-state index in [1.54, 1.807) is 24.3 Å². The molecule has 1 aromatic carbocycles. The monoisotopic (exact) mass is 689 g/mol. The van der Waals surface area contributed by atoms with Gasteiger partial charge in [-0.05, 0) is 72.6 Å². The second-order valence-electron chi connectivity index (χ2n) is 15.4. The van der Waals surface area contributed by atoms with Crippen molar-refractivity contribution in [3.63, 3.8) is 0 Å². The summed E-state index contributed by atoms with van der Waals surface area (Å²) in [6.07, 6.45) is 6.71. The number of hydrogen-bond acceptors (Lipinski definition) is 10. The van der Waals surface area contributed by atoms with E-state index in [4.69, 9.17) is 13.9 Å². The molecular weight excluding hydrogens is 638 g/mol. The molecule has 0 radical (unpaired) electrons. The molecular formula is C34H51N5O8S. The Balaban J connectivity index is 0.980. The van der Waals surface area contributed by atoms with Crippen LogP contribution in [0.2, 0.25) is 0 Å². The summed E-state index contributed by atoms with van der Waals surface area (Å²) in [6.45, 7) is 12.5. The first-order valence-corrected chi connectivity index (χ1v) is 18.5. The molecule has 0 aliphatic heterocycles. The number of carbonyl (C=O) groups is 3. The van der Waals surface area contributed by atoms with E-state index in [1.165, 1.54) is 0 Å². The van der Waals surface area contributed by atoms with Crippen LogP contribution in [0.15, 0.2) is 33.9 Å². The highest BCUT2D eigenvalue weighted by molar-refractivity contribution is 7.90. The predicted octanol–water partition coefficient (Wildman–Crippen LogP) is 3.69. The largest absolute Gasteiger partial charge is 0.408 e. The van der Waals surface area contributed by atoms with Crippen LogP contribution >= 0.6 is 0 Å². The summed E-state index contributed by atoms with van der Waals surface area (Å²) in [5.74, 6) is -0.125. The Morgan fingerprint density at radius 3 is 2.02 bits per heavy atom. The van der Waals surface area contributed by atoms with Crippen LogP contribution in [0.1, 0.15) is 89.9 Å². The predicted molar refractivity (Wildman–Crippen MR) is 179 cm³/mol. The lowest BCUT2D eigenvalue weighted by Crippen LogP contribution is -2.61.